The van der Waals surface area contributed by atoms with Gasteiger partial charge in [0.15, 0.2) is 11.5 Å². The van der Waals surface area contributed by atoms with E-state index in [0.717, 1.165) is 5.56 Å². The molecule has 0 saturated carbocycles. The third-order valence-electron chi connectivity index (χ3n) is 4.58. The summed E-state index contributed by atoms with van der Waals surface area (Å²) in [5, 5.41) is 12.5. The van der Waals surface area contributed by atoms with Gasteiger partial charge in [-0.25, -0.2) is 0 Å². The molecule has 0 aliphatic rings. The Morgan fingerprint density at radius 3 is 2.45 bits per heavy atom. The fourth-order valence-corrected chi connectivity index (χ4v) is 3.27. The molecule has 6 nitrogen and oxygen atoms in total. The number of nitrogens with zero attached hydrogens (tertiary/aromatic N) is 1. The number of rotatable bonds is 9. The Morgan fingerprint density at radius 1 is 1.09 bits per heavy atom. The number of carbonyl (C=O) groups is 1. The minimum absolute atomic E-state index is 0.0818. The van der Waals surface area contributed by atoms with E-state index >= 15 is 0 Å². The van der Waals surface area contributed by atoms with Crippen LogP contribution in [-0.2, 0) is 11.4 Å². The predicted octanol–water partition coefficient (Wildman–Crippen LogP) is 5.87. The van der Waals surface area contributed by atoms with E-state index in [-0.39, 0.29) is 5.57 Å². The van der Waals surface area contributed by atoms with E-state index in [1.165, 1.54) is 13.2 Å². The summed E-state index contributed by atoms with van der Waals surface area (Å²) in [6, 6.07) is 21.9. The lowest BCUT2D eigenvalue weighted by atomic mass is 10.1. The first-order valence-electron chi connectivity index (χ1n) is 10.2. The van der Waals surface area contributed by atoms with Crippen molar-refractivity contribution in [3.8, 4) is 23.3 Å². The molecule has 7 heteroatoms. The van der Waals surface area contributed by atoms with E-state index in [1.807, 2.05) is 43.3 Å². The molecule has 0 aliphatic carbocycles. The molecule has 0 heterocycles. The molecule has 3 aromatic carbocycles. The van der Waals surface area contributed by atoms with E-state index in [1.54, 1.807) is 36.4 Å². The SMILES string of the molecule is CCOc1c(Cl)cc(/C=C(\C#N)C(=O)Nc2ccc(OCc3ccccc3)cc2)cc1OC. The van der Waals surface area contributed by atoms with Gasteiger partial charge in [-0.1, -0.05) is 41.9 Å². The molecule has 0 radical (unpaired) electrons. The van der Waals surface area contributed by atoms with Crippen LogP contribution in [0, 0.1) is 11.3 Å². The normalized spacial score (nSPS) is 10.8. The van der Waals surface area contributed by atoms with E-state index in [4.69, 9.17) is 25.8 Å². The van der Waals surface area contributed by atoms with Gasteiger partial charge < -0.3 is 19.5 Å². The van der Waals surface area contributed by atoms with Crippen LogP contribution >= 0.6 is 11.6 Å². The molecule has 0 atom stereocenters. The molecule has 1 N–H and O–H groups in total. The Bertz CT molecular complexity index is 1170. The highest BCUT2D eigenvalue weighted by molar-refractivity contribution is 6.32. The standard InChI is InChI=1S/C26H23ClN2O4/c1-3-32-25-23(27)14-19(15-24(25)31-2)13-20(16-28)26(30)29-21-9-11-22(12-10-21)33-17-18-7-5-4-6-8-18/h4-15H,3,17H2,1-2H3,(H,29,30)/b20-13+. The van der Waals surface area contributed by atoms with Gasteiger partial charge in [0.1, 0.15) is 24.0 Å². The molecule has 0 unspecified atom stereocenters. The number of methoxy groups -OCH3 is 1. The minimum atomic E-state index is -0.542. The van der Waals surface area contributed by atoms with Crippen LogP contribution in [0.5, 0.6) is 17.2 Å². The highest BCUT2D eigenvalue weighted by atomic mass is 35.5. The van der Waals surface area contributed by atoms with E-state index < -0.39 is 5.91 Å². The van der Waals surface area contributed by atoms with Gasteiger partial charge in [-0.2, -0.15) is 5.26 Å². The van der Waals surface area contributed by atoms with Gasteiger partial charge in [-0.3, -0.25) is 4.79 Å². The van der Waals surface area contributed by atoms with Crippen molar-refractivity contribution in [1.82, 2.24) is 0 Å². The number of anilines is 1. The van der Waals surface area contributed by atoms with Crippen LogP contribution in [0.25, 0.3) is 6.08 Å². The summed E-state index contributed by atoms with van der Waals surface area (Å²) >= 11 is 6.28. The highest BCUT2D eigenvalue weighted by Crippen LogP contribution is 2.37. The van der Waals surface area contributed by atoms with Crippen LogP contribution in [-0.4, -0.2) is 19.6 Å². The third-order valence-corrected chi connectivity index (χ3v) is 4.86. The van der Waals surface area contributed by atoms with Crippen molar-refractivity contribution in [1.29, 1.82) is 5.26 Å². The Kier molecular flexibility index (Phi) is 8.34. The molecule has 0 saturated heterocycles. The average Bonchev–Trinajstić information content (AvgIpc) is 2.84. The van der Waals surface area contributed by atoms with E-state index in [0.29, 0.717) is 46.7 Å². The van der Waals surface area contributed by atoms with Gasteiger partial charge in [-0.15, -0.1) is 0 Å². The van der Waals surface area contributed by atoms with Crippen molar-refractivity contribution in [2.75, 3.05) is 19.0 Å². The van der Waals surface area contributed by atoms with Crippen molar-refractivity contribution in [3.05, 3.63) is 88.5 Å². The molecule has 0 bridgehead atoms. The summed E-state index contributed by atoms with van der Waals surface area (Å²) < 4.78 is 16.6. The monoisotopic (exact) mass is 462 g/mol. The Balaban J connectivity index is 1.69. The van der Waals surface area contributed by atoms with Gasteiger partial charge in [0.25, 0.3) is 5.91 Å². The Labute approximate surface area is 198 Å². The molecule has 0 fully saturated rings. The topological polar surface area (TPSA) is 80.6 Å². The van der Waals surface area contributed by atoms with Crippen molar-refractivity contribution in [2.45, 2.75) is 13.5 Å². The number of nitrogens with one attached hydrogen (secondary N) is 1. The molecule has 0 spiro atoms. The largest absolute Gasteiger partial charge is 0.493 e. The van der Waals surface area contributed by atoms with Gasteiger partial charge in [0, 0.05) is 5.69 Å². The molecule has 0 aliphatic heterocycles. The quantitative estimate of drug-likeness (QED) is 0.317. The van der Waals surface area contributed by atoms with Gasteiger partial charge >= 0.3 is 0 Å². The minimum Gasteiger partial charge on any atom is -0.493 e. The number of benzene rings is 3. The van der Waals surface area contributed by atoms with Gasteiger partial charge in [-0.05, 0) is 60.5 Å². The second-order valence-corrected chi connectivity index (χ2v) is 7.30. The molecule has 3 rings (SSSR count). The average molecular weight is 463 g/mol. The van der Waals surface area contributed by atoms with Crippen LogP contribution in [0.4, 0.5) is 5.69 Å². The summed E-state index contributed by atoms with van der Waals surface area (Å²) in [4.78, 5) is 12.6. The highest BCUT2D eigenvalue weighted by Gasteiger charge is 2.14. The molecule has 33 heavy (non-hydrogen) atoms. The van der Waals surface area contributed by atoms with Crippen LogP contribution in [0.2, 0.25) is 5.02 Å². The molecule has 1 amide bonds. The molecular formula is C26H23ClN2O4. The Hall–Kier alpha value is -3.95. The number of halogens is 1. The summed E-state index contributed by atoms with van der Waals surface area (Å²) in [5.74, 6) is 0.958. The predicted molar refractivity (Wildman–Crippen MR) is 129 cm³/mol. The lowest BCUT2D eigenvalue weighted by Gasteiger charge is -2.12. The zero-order valence-electron chi connectivity index (χ0n) is 18.3. The van der Waals surface area contributed by atoms with Gasteiger partial charge in [0.05, 0.1) is 18.7 Å². The second kappa shape index (κ2) is 11.6. The maximum Gasteiger partial charge on any atom is 0.266 e. The maximum absolute atomic E-state index is 12.6. The fourth-order valence-electron chi connectivity index (χ4n) is 3.00. The number of hydrogen-bond acceptors (Lipinski definition) is 5. The molecule has 168 valence electrons. The second-order valence-electron chi connectivity index (χ2n) is 6.89. The number of amides is 1. The molecule has 0 aromatic heterocycles. The smallest absolute Gasteiger partial charge is 0.266 e. The summed E-state index contributed by atoms with van der Waals surface area (Å²) in [7, 11) is 1.49. The number of hydrogen-bond donors (Lipinski definition) is 1. The molecular weight excluding hydrogens is 440 g/mol. The first-order chi connectivity index (χ1) is 16.0. The van der Waals surface area contributed by atoms with E-state index in [2.05, 4.69) is 5.32 Å². The Morgan fingerprint density at radius 2 is 1.82 bits per heavy atom. The number of carbonyl (C=O) groups excluding carboxylic acids is 1. The van der Waals surface area contributed by atoms with Crippen LogP contribution < -0.4 is 19.5 Å². The van der Waals surface area contributed by atoms with Crippen molar-refractivity contribution >= 4 is 29.3 Å². The molecule has 3 aromatic rings. The first kappa shape index (κ1) is 23.7. The van der Waals surface area contributed by atoms with Crippen molar-refractivity contribution in [3.63, 3.8) is 0 Å². The number of nitriles is 1. The van der Waals surface area contributed by atoms with E-state index in [9.17, 15) is 10.1 Å². The van der Waals surface area contributed by atoms with Gasteiger partial charge in [0.2, 0.25) is 0 Å². The van der Waals surface area contributed by atoms with Crippen molar-refractivity contribution < 1.29 is 19.0 Å². The zero-order valence-corrected chi connectivity index (χ0v) is 19.1. The fraction of sp³-hybridized carbons (Fsp3) is 0.154. The maximum atomic E-state index is 12.6. The summed E-state index contributed by atoms with van der Waals surface area (Å²) in [6.07, 6.45) is 1.44. The lowest BCUT2D eigenvalue weighted by Crippen LogP contribution is -2.13. The summed E-state index contributed by atoms with van der Waals surface area (Å²) in [6.45, 7) is 2.71. The summed E-state index contributed by atoms with van der Waals surface area (Å²) in [5.41, 5.74) is 2.05. The zero-order chi connectivity index (χ0) is 23.6. The van der Waals surface area contributed by atoms with Crippen molar-refractivity contribution in [2.24, 2.45) is 0 Å². The number of ether oxygens (including phenoxy) is 3. The van der Waals surface area contributed by atoms with Crippen LogP contribution in [0.3, 0.4) is 0 Å². The lowest BCUT2D eigenvalue weighted by molar-refractivity contribution is -0.112. The third kappa shape index (κ3) is 6.52. The van der Waals surface area contributed by atoms with Crippen LogP contribution in [0.1, 0.15) is 18.1 Å². The first-order valence-corrected chi connectivity index (χ1v) is 10.6. The van der Waals surface area contributed by atoms with Crippen LogP contribution in [0.15, 0.2) is 72.3 Å².